The summed E-state index contributed by atoms with van der Waals surface area (Å²) in [5.74, 6) is 0.568. The fourth-order valence-corrected chi connectivity index (χ4v) is 4.49. The number of rotatable bonds is 6. The third kappa shape index (κ3) is 4.16. The molecule has 2 saturated heterocycles. The SMILES string of the molecule is C[C@@H](COc1nc(N2C[C@H]3CC[C@@H](C2)N3)c2cc(Cl)cc(F)c2n1)CN(C)C. The number of nitrogens with zero attached hydrogens (tertiary/aromatic N) is 4. The van der Waals surface area contributed by atoms with Gasteiger partial charge in [-0.15, -0.1) is 0 Å². The Hall–Kier alpha value is -1.70. The van der Waals surface area contributed by atoms with Crippen molar-refractivity contribution >= 4 is 28.3 Å². The molecule has 0 amide bonds. The van der Waals surface area contributed by atoms with Crippen LogP contribution in [0.15, 0.2) is 12.1 Å². The van der Waals surface area contributed by atoms with Crippen molar-refractivity contribution < 1.29 is 9.13 Å². The lowest BCUT2D eigenvalue weighted by atomic mass is 10.1. The van der Waals surface area contributed by atoms with E-state index >= 15 is 0 Å². The molecule has 0 spiro atoms. The average Bonchev–Trinajstić information content (AvgIpc) is 2.97. The molecule has 4 rings (SSSR count). The molecule has 2 bridgehead atoms. The Morgan fingerprint density at radius 1 is 1.29 bits per heavy atom. The highest BCUT2D eigenvalue weighted by Gasteiger charge is 2.34. The van der Waals surface area contributed by atoms with E-state index in [4.69, 9.17) is 16.3 Å². The summed E-state index contributed by atoms with van der Waals surface area (Å²) in [4.78, 5) is 13.4. The van der Waals surface area contributed by atoms with Crippen LogP contribution in [0.5, 0.6) is 6.01 Å². The molecule has 1 aromatic heterocycles. The van der Waals surface area contributed by atoms with Crippen LogP contribution in [0.3, 0.4) is 0 Å². The maximum atomic E-state index is 14.6. The molecule has 0 saturated carbocycles. The van der Waals surface area contributed by atoms with Crippen molar-refractivity contribution in [3.05, 3.63) is 23.0 Å². The molecule has 8 heteroatoms. The van der Waals surface area contributed by atoms with E-state index in [0.717, 1.165) is 32.5 Å². The van der Waals surface area contributed by atoms with Gasteiger partial charge in [0.15, 0.2) is 5.82 Å². The maximum Gasteiger partial charge on any atom is 0.319 e. The van der Waals surface area contributed by atoms with Gasteiger partial charge in [-0.25, -0.2) is 4.39 Å². The predicted octanol–water partition coefficient (Wildman–Crippen LogP) is 2.94. The lowest BCUT2D eigenvalue weighted by Crippen LogP contribution is -2.51. The number of anilines is 1. The number of halogens is 2. The number of benzene rings is 1. The molecule has 1 aromatic carbocycles. The highest BCUT2D eigenvalue weighted by Crippen LogP contribution is 2.33. The first-order valence-electron chi connectivity index (χ1n) is 9.84. The summed E-state index contributed by atoms with van der Waals surface area (Å²) < 4.78 is 20.5. The van der Waals surface area contributed by atoms with E-state index in [1.165, 1.54) is 6.07 Å². The number of hydrogen-bond donors (Lipinski definition) is 1. The first-order valence-corrected chi connectivity index (χ1v) is 10.2. The van der Waals surface area contributed by atoms with Crippen LogP contribution >= 0.6 is 11.6 Å². The van der Waals surface area contributed by atoms with Gasteiger partial charge in [-0.3, -0.25) is 0 Å². The van der Waals surface area contributed by atoms with E-state index in [1.54, 1.807) is 6.07 Å². The van der Waals surface area contributed by atoms with Gasteiger partial charge in [-0.1, -0.05) is 18.5 Å². The standard InChI is InChI=1S/C20H27ClFN5O/c1-12(8-26(2)3)11-28-20-24-18-16(6-13(21)7-17(18)22)19(25-20)27-9-14-4-5-15(10-27)23-14/h6-7,12,14-15,23H,4-5,8-11H2,1-3H3/t12-,14-,15+/m1/s1. The molecule has 6 nitrogen and oxygen atoms in total. The van der Waals surface area contributed by atoms with Crippen LogP contribution in [0.4, 0.5) is 10.2 Å². The first kappa shape index (κ1) is 19.6. The minimum absolute atomic E-state index is 0.222. The fourth-order valence-electron chi connectivity index (χ4n) is 4.29. The zero-order valence-corrected chi connectivity index (χ0v) is 17.3. The van der Waals surface area contributed by atoms with E-state index < -0.39 is 5.82 Å². The van der Waals surface area contributed by atoms with Crippen LogP contribution in [0.1, 0.15) is 19.8 Å². The van der Waals surface area contributed by atoms with Gasteiger partial charge < -0.3 is 19.9 Å². The Kier molecular flexibility index (Phi) is 5.58. The number of ether oxygens (including phenoxy) is 1. The molecule has 2 aromatic rings. The quantitative estimate of drug-likeness (QED) is 0.794. The number of hydrogen-bond acceptors (Lipinski definition) is 6. The lowest BCUT2D eigenvalue weighted by Gasteiger charge is -2.34. The van der Waals surface area contributed by atoms with Crippen molar-refractivity contribution in [2.75, 3.05) is 45.2 Å². The van der Waals surface area contributed by atoms with Gasteiger partial charge in [-0.2, -0.15) is 9.97 Å². The Morgan fingerprint density at radius 2 is 2.00 bits per heavy atom. The third-order valence-electron chi connectivity index (χ3n) is 5.37. The molecule has 1 N–H and O–H groups in total. The van der Waals surface area contributed by atoms with Crippen LogP contribution in [-0.4, -0.2) is 67.3 Å². The van der Waals surface area contributed by atoms with Gasteiger partial charge in [-0.05, 0) is 39.1 Å². The van der Waals surface area contributed by atoms with E-state index in [9.17, 15) is 4.39 Å². The Morgan fingerprint density at radius 3 is 2.68 bits per heavy atom. The molecule has 2 aliphatic rings. The summed E-state index contributed by atoms with van der Waals surface area (Å²) in [7, 11) is 4.05. The van der Waals surface area contributed by atoms with Crippen molar-refractivity contribution in [3.63, 3.8) is 0 Å². The maximum absolute atomic E-state index is 14.6. The van der Waals surface area contributed by atoms with Gasteiger partial charge in [0.05, 0.1) is 6.61 Å². The van der Waals surface area contributed by atoms with E-state index in [2.05, 4.69) is 32.0 Å². The highest BCUT2D eigenvalue weighted by atomic mass is 35.5. The van der Waals surface area contributed by atoms with Crippen molar-refractivity contribution in [1.29, 1.82) is 0 Å². The predicted molar refractivity (Wildman–Crippen MR) is 110 cm³/mol. The molecule has 0 radical (unpaired) electrons. The highest BCUT2D eigenvalue weighted by molar-refractivity contribution is 6.31. The summed E-state index contributed by atoms with van der Waals surface area (Å²) in [6.45, 7) is 5.16. The molecule has 28 heavy (non-hydrogen) atoms. The van der Waals surface area contributed by atoms with Gasteiger partial charge in [0.2, 0.25) is 0 Å². The summed E-state index contributed by atoms with van der Waals surface area (Å²) in [5, 5.41) is 4.60. The van der Waals surface area contributed by atoms with Crippen molar-refractivity contribution in [2.24, 2.45) is 5.92 Å². The molecule has 2 aliphatic heterocycles. The van der Waals surface area contributed by atoms with Crippen molar-refractivity contribution in [2.45, 2.75) is 31.8 Å². The number of fused-ring (bicyclic) bond motifs is 3. The van der Waals surface area contributed by atoms with Crippen molar-refractivity contribution in [3.8, 4) is 6.01 Å². The number of piperazine rings is 1. The van der Waals surface area contributed by atoms with Crippen LogP contribution in [-0.2, 0) is 0 Å². The van der Waals surface area contributed by atoms with E-state index in [0.29, 0.717) is 40.8 Å². The monoisotopic (exact) mass is 407 g/mol. The van der Waals surface area contributed by atoms with Crippen LogP contribution in [0.2, 0.25) is 5.02 Å². The topological polar surface area (TPSA) is 53.5 Å². The molecule has 3 atom stereocenters. The number of nitrogens with one attached hydrogen (secondary N) is 1. The van der Waals surface area contributed by atoms with E-state index in [-0.39, 0.29) is 11.5 Å². The minimum Gasteiger partial charge on any atom is -0.463 e. The van der Waals surface area contributed by atoms with Gasteiger partial charge in [0, 0.05) is 48.0 Å². The van der Waals surface area contributed by atoms with Crippen LogP contribution < -0.4 is 15.0 Å². The minimum atomic E-state index is -0.449. The summed E-state index contributed by atoms with van der Waals surface area (Å²) in [5.41, 5.74) is 0.260. The molecule has 0 unspecified atom stereocenters. The molecular formula is C20H27ClFN5O. The average molecular weight is 408 g/mol. The van der Waals surface area contributed by atoms with Crippen LogP contribution in [0.25, 0.3) is 10.9 Å². The van der Waals surface area contributed by atoms with E-state index in [1.807, 2.05) is 14.1 Å². The Balaban J connectivity index is 1.67. The molecule has 152 valence electrons. The van der Waals surface area contributed by atoms with Crippen molar-refractivity contribution in [1.82, 2.24) is 20.2 Å². The fraction of sp³-hybridized carbons (Fsp3) is 0.600. The largest absolute Gasteiger partial charge is 0.463 e. The second-order valence-corrected chi connectivity index (χ2v) is 8.77. The molecule has 3 heterocycles. The second-order valence-electron chi connectivity index (χ2n) is 8.33. The molecule has 0 aliphatic carbocycles. The summed E-state index contributed by atoms with van der Waals surface area (Å²) in [6, 6.07) is 4.15. The smallest absolute Gasteiger partial charge is 0.319 e. The molecule has 2 fully saturated rings. The second kappa shape index (κ2) is 7.97. The van der Waals surface area contributed by atoms with Crippen LogP contribution in [0, 0.1) is 11.7 Å². The number of aromatic nitrogens is 2. The molecular weight excluding hydrogens is 381 g/mol. The third-order valence-corrected chi connectivity index (χ3v) is 5.59. The lowest BCUT2D eigenvalue weighted by molar-refractivity contribution is 0.210. The first-order chi connectivity index (χ1) is 13.4. The van der Waals surface area contributed by atoms with Gasteiger partial charge >= 0.3 is 6.01 Å². The summed E-state index contributed by atoms with van der Waals surface area (Å²) in [6.07, 6.45) is 2.31. The Bertz CT molecular complexity index is 852. The summed E-state index contributed by atoms with van der Waals surface area (Å²) >= 11 is 6.13. The zero-order chi connectivity index (χ0) is 19.8. The van der Waals surface area contributed by atoms with Gasteiger partial charge in [0.1, 0.15) is 11.3 Å². The van der Waals surface area contributed by atoms with Gasteiger partial charge in [0.25, 0.3) is 0 Å². The zero-order valence-electron chi connectivity index (χ0n) is 16.6. The normalized spacial score (nSPS) is 22.9. The Labute approximate surface area is 170 Å².